The Morgan fingerprint density at radius 1 is 1.10 bits per heavy atom. The minimum Gasteiger partial charge on any atom is -0.398 e. The number of rotatable bonds is 5. The Bertz CT molecular complexity index is 608. The van der Waals surface area contributed by atoms with Gasteiger partial charge in [-0.2, -0.15) is 0 Å². The van der Waals surface area contributed by atoms with Crippen molar-refractivity contribution < 1.29 is 4.79 Å². The van der Waals surface area contributed by atoms with Gasteiger partial charge in [-0.3, -0.25) is 4.79 Å². The summed E-state index contributed by atoms with van der Waals surface area (Å²) in [5.41, 5.74) is 9.37. The molecule has 0 unspecified atom stereocenters. The van der Waals surface area contributed by atoms with Crippen LogP contribution in [0.5, 0.6) is 0 Å². The molecule has 2 N–H and O–H groups in total. The summed E-state index contributed by atoms with van der Waals surface area (Å²) >= 11 is 0. The maximum atomic E-state index is 12.6. The van der Waals surface area contributed by atoms with Gasteiger partial charge in [-0.1, -0.05) is 36.4 Å². The highest BCUT2D eigenvalue weighted by molar-refractivity contribution is 5.96. The van der Waals surface area contributed by atoms with Gasteiger partial charge in [-0.15, -0.1) is 0 Å². The van der Waals surface area contributed by atoms with Gasteiger partial charge in [0.2, 0.25) is 0 Å². The molecule has 110 valence electrons. The van der Waals surface area contributed by atoms with Crippen molar-refractivity contribution >= 4 is 11.6 Å². The number of nitrogens with zero attached hydrogens (tertiary/aromatic N) is 1. The Morgan fingerprint density at radius 2 is 1.81 bits per heavy atom. The zero-order chi connectivity index (χ0) is 15.2. The molecule has 0 spiro atoms. The number of nitrogen functional groups attached to an aromatic ring is 1. The van der Waals surface area contributed by atoms with Crippen molar-refractivity contribution in [2.24, 2.45) is 0 Å². The fourth-order valence-corrected chi connectivity index (χ4v) is 2.37. The van der Waals surface area contributed by atoms with Crippen LogP contribution in [0.2, 0.25) is 0 Å². The van der Waals surface area contributed by atoms with Crippen molar-refractivity contribution in [1.29, 1.82) is 0 Å². The number of amides is 1. The Labute approximate surface area is 126 Å². The fourth-order valence-electron chi connectivity index (χ4n) is 2.37. The molecule has 1 amide bonds. The molecule has 0 aliphatic carbocycles. The standard InChI is InChI=1S/C18H22N2O/c1-3-20(13-12-15-8-5-4-6-9-15)18(21)16-10-7-11-17(19)14(16)2/h4-11H,3,12-13,19H2,1-2H3. The van der Waals surface area contributed by atoms with Crippen LogP contribution < -0.4 is 5.73 Å². The number of hydrogen-bond acceptors (Lipinski definition) is 2. The molecule has 0 radical (unpaired) electrons. The van der Waals surface area contributed by atoms with E-state index in [9.17, 15) is 4.79 Å². The summed E-state index contributed by atoms with van der Waals surface area (Å²) in [6.07, 6.45) is 0.863. The topological polar surface area (TPSA) is 46.3 Å². The van der Waals surface area contributed by atoms with Crippen molar-refractivity contribution in [3.05, 3.63) is 65.2 Å². The van der Waals surface area contributed by atoms with Gasteiger partial charge < -0.3 is 10.6 Å². The molecule has 0 aromatic heterocycles. The molecule has 0 aliphatic rings. The Balaban J connectivity index is 2.10. The van der Waals surface area contributed by atoms with Crippen molar-refractivity contribution in [1.82, 2.24) is 4.90 Å². The summed E-state index contributed by atoms with van der Waals surface area (Å²) in [6, 6.07) is 15.7. The van der Waals surface area contributed by atoms with E-state index in [4.69, 9.17) is 5.73 Å². The molecule has 2 aromatic carbocycles. The van der Waals surface area contributed by atoms with Crippen LogP contribution in [0.25, 0.3) is 0 Å². The van der Waals surface area contributed by atoms with Crippen LogP contribution in [0.3, 0.4) is 0 Å². The Hall–Kier alpha value is -2.29. The van der Waals surface area contributed by atoms with E-state index in [1.807, 2.05) is 55.1 Å². The summed E-state index contributed by atoms with van der Waals surface area (Å²) in [6.45, 7) is 5.31. The van der Waals surface area contributed by atoms with E-state index >= 15 is 0 Å². The molecule has 0 bridgehead atoms. The predicted molar refractivity (Wildman–Crippen MR) is 87.3 cm³/mol. The zero-order valence-electron chi connectivity index (χ0n) is 12.7. The van der Waals surface area contributed by atoms with Gasteiger partial charge in [0.25, 0.3) is 5.91 Å². The Kier molecular flexibility index (Phi) is 4.99. The minimum atomic E-state index is 0.0539. The van der Waals surface area contributed by atoms with Crippen molar-refractivity contribution in [2.75, 3.05) is 18.8 Å². The second kappa shape index (κ2) is 6.93. The molecule has 0 atom stereocenters. The second-order valence-electron chi connectivity index (χ2n) is 5.14. The lowest BCUT2D eigenvalue weighted by Gasteiger charge is -2.22. The van der Waals surface area contributed by atoms with E-state index in [0.717, 1.165) is 12.0 Å². The summed E-state index contributed by atoms with van der Waals surface area (Å²) in [5.74, 6) is 0.0539. The van der Waals surface area contributed by atoms with Gasteiger partial charge >= 0.3 is 0 Å². The van der Waals surface area contributed by atoms with Crippen molar-refractivity contribution in [3.8, 4) is 0 Å². The molecule has 0 saturated heterocycles. The van der Waals surface area contributed by atoms with E-state index in [1.165, 1.54) is 5.56 Å². The molecule has 21 heavy (non-hydrogen) atoms. The van der Waals surface area contributed by atoms with E-state index in [2.05, 4.69) is 12.1 Å². The van der Waals surface area contributed by atoms with Gasteiger partial charge in [-0.05, 0) is 43.5 Å². The molecule has 3 heteroatoms. The molecule has 0 heterocycles. The van der Waals surface area contributed by atoms with Crippen LogP contribution in [-0.4, -0.2) is 23.9 Å². The molecule has 0 saturated carbocycles. The predicted octanol–water partition coefficient (Wildman–Crippen LogP) is 3.28. The van der Waals surface area contributed by atoms with Crippen LogP contribution in [0.4, 0.5) is 5.69 Å². The summed E-state index contributed by atoms with van der Waals surface area (Å²) < 4.78 is 0. The molecular formula is C18H22N2O. The first kappa shape index (κ1) is 15.1. The van der Waals surface area contributed by atoms with Gasteiger partial charge in [0.05, 0.1) is 0 Å². The quantitative estimate of drug-likeness (QED) is 0.855. The highest BCUT2D eigenvalue weighted by Gasteiger charge is 2.16. The van der Waals surface area contributed by atoms with Crippen LogP contribution >= 0.6 is 0 Å². The number of benzene rings is 2. The summed E-state index contributed by atoms with van der Waals surface area (Å²) in [4.78, 5) is 14.5. The third-order valence-corrected chi connectivity index (χ3v) is 3.79. The van der Waals surface area contributed by atoms with Crippen LogP contribution in [0.1, 0.15) is 28.4 Å². The average Bonchev–Trinajstić information content (AvgIpc) is 2.51. The highest BCUT2D eigenvalue weighted by atomic mass is 16.2. The number of carbonyl (C=O) groups excluding carboxylic acids is 1. The second-order valence-corrected chi connectivity index (χ2v) is 5.14. The lowest BCUT2D eigenvalue weighted by Crippen LogP contribution is -2.33. The van der Waals surface area contributed by atoms with E-state index in [-0.39, 0.29) is 5.91 Å². The summed E-state index contributed by atoms with van der Waals surface area (Å²) in [5, 5.41) is 0. The molecule has 2 aromatic rings. The van der Waals surface area contributed by atoms with Gasteiger partial charge in [0.1, 0.15) is 0 Å². The average molecular weight is 282 g/mol. The van der Waals surface area contributed by atoms with Gasteiger partial charge in [0.15, 0.2) is 0 Å². The number of carbonyl (C=O) groups is 1. The lowest BCUT2D eigenvalue weighted by molar-refractivity contribution is 0.0765. The van der Waals surface area contributed by atoms with Crippen molar-refractivity contribution in [2.45, 2.75) is 20.3 Å². The largest absolute Gasteiger partial charge is 0.398 e. The van der Waals surface area contributed by atoms with Crippen LogP contribution in [0.15, 0.2) is 48.5 Å². The molecular weight excluding hydrogens is 260 g/mol. The van der Waals surface area contributed by atoms with Crippen LogP contribution in [0, 0.1) is 6.92 Å². The molecule has 2 rings (SSSR count). The third-order valence-electron chi connectivity index (χ3n) is 3.79. The molecule has 3 nitrogen and oxygen atoms in total. The van der Waals surface area contributed by atoms with Gasteiger partial charge in [0, 0.05) is 24.3 Å². The normalized spacial score (nSPS) is 10.4. The maximum Gasteiger partial charge on any atom is 0.254 e. The first-order chi connectivity index (χ1) is 10.1. The molecule has 0 fully saturated rings. The lowest BCUT2D eigenvalue weighted by atomic mass is 10.1. The summed E-state index contributed by atoms with van der Waals surface area (Å²) in [7, 11) is 0. The van der Waals surface area contributed by atoms with Crippen LogP contribution in [-0.2, 0) is 6.42 Å². The fraction of sp³-hybridized carbons (Fsp3) is 0.278. The SMILES string of the molecule is CCN(CCc1ccccc1)C(=O)c1cccc(N)c1C. The maximum absolute atomic E-state index is 12.6. The van der Waals surface area contributed by atoms with E-state index < -0.39 is 0 Å². The zero-order valence-corrected chi connectivity index (χ0v) is 12.7. The highest BCUT2D eigenvalue weighted by Crippen LogP contribution is 2.17. The number of likely N-dealkylation sites (N-methyl/N-ethyl adjacent to an activating group) is 1. The third kappa shape index (κ3) is 3.63. The first-order valence-corrected chi connectivity index (χ1v) is 7.31. The number of nitrogens with two attached hydrogens (primary N) is 1. The number of hydrogen-bond donors (Lipinski definition) is 1. The van der Waals surface area contributed by atoms with Gasteiger partial charge in [-0.25, -0.2) is 0 Å². The minimum absolute atomic E-state index is 0.0539. The monoisotopic (exact) mass is 282 g/mol. The van der Waals surface area contributed by atoms with E-state index in [1.54, 1.807) is 0 Å². The smallest absolute Gasteiger partial charge is 0.254 e. The number of anilines is 1. The van der Waals surface area contributed by atoms with E-state index in [0.29, 0.717) is 24.3 Å². The molecule has 0 aliphatic heterocycles. The Morgan fingerprint density at radius 3 is 2.48 bits per heavy atom. The van der Waals surface area contributed by atoms with Crippen molar-refractivity contribution in [3.63, 3.8) is 0 Å². The first-order valence-electron chi connectivity index (χ1n) is 7.31.